The fourth-order valence-electron chi connectivity index (χ4n) is 2.26. The number of benzene rings is 2. The standard InChI is InChI=1S/C19H24BrNO3.ClH/c1-14-4-6-15(7-5-14)13-24-19-17(20)10-16(11-18(19)23-3)12-21-8-9-22-2;/h4-7,10-11,21H,8-9,12-13H2,1-3H3;1H. The van der Waals surface area contributed by atoms with Gasteiger partial charge in [0, 0.05) is 20.2 Å². The monoisotopic (exact) mass is 429 g/mol. The highest BCUT2D eigenvalue weighted by atomic mass is 79.9. The van der Waals surface area contributed by atoms with Gasteiger partial charge in [0.2, 0.25) is 0 Å². The van der Waals surface area contributed by atoms with Crippen LogP contribution in [0.1, 0.15) is 16.7 Å². The van der Waals surface area contributed by atoms with E-state index in [1.165, 1.54) is 5.56 Å². The maximum absolute atomic E-state index is 5.97. The van der Waals surface area contributed by atoms with Gasteiger partial charge in [-0.2, -0.15) is 0 Å². The zero-order valence-corrected chi connectivity index (χ0v) is 17.2. The lowest BCUT2D eigenvalue weighted by Gasteiger charge is -2.15. The minimum Gasteiger partial charge on any atom is -0.493 e. The molecule has 0 spiro atoms. The molecule has 2 rings (SSSR count). The number of hydrogen-bond donors (Lipinski definition) is 1. The fraction of sp³-hybridized carbons (Fsp3) is 0.368. The summed E-state index contributed by atoms with van der Waals surface area (Å²) in [4.78, 5) is 0. The molecule has 1 N–H and O–H groups in total. The molecular formula is C19H25BrClNO3. The lowest BCUT2D eigenvalue weighted by molar-refractivity contribution is 0.199. The van der Waals surface area contributed by atoms with E-state index in [9.17, 15) is 0 Å². The van der Waals surface area contributed by atoms with Crippen LogP contribution >= 0.6 is 28.3 Å². The normalized spacial score (nSPS) is 10.2. The van der Waals surface area contributed by atoms with Gasteiger partial charge in [0.1, 0.15) is 6.61 Å². The number of aryl methyl sites for hydroxylation is 1. The van der Waals surface area contributed by atoms with Crippen LogP contribution in [0.2, 0.25) is 0 Å². The van der Waals surface area contributed by atoms with Gasteiger partial charge in [0.05, 0.1) is 18.2 Å². The van der Waals surface area contributed by atoms with Crippen molar-refractivity contribution in [1.29, 1.82) is 0 Å². The number of rotatable bonds is 9. The Morgan fingerprint density at radius 3 is 2.40 bits per heavy atom. The molecule has 2 aromatic carbocycles. The van der Waals surface area contributed by atoms with Crippen LogP contribution in [0.15, 0.2) is 40.9 Å². The Labute approximate surface area is 164 Å². The summed E-state index contributed by atoms with van der Waals surface area (Å²) in [5.74, 6) is 1.44. The van der Waals surface area contributed by atoms with Gasteiger partial charge >= 0.3 is 0 Å². The van der Waals surface area contributed by atoms with Crippen molar-refractivity contribution in [3.05, 3.63) is 57.6 Å². The molecule has 0 bridgehead atoms. The van der Waals surface area contributed by atoms with Crippen LogP contribution < -0.4 is 14.8 Å². The lowest BCUT2D eigenvalue weighted by Crippen LogP contribution is -2.18. The van der Waals surface area contributed by atoms with Gasteiger partial charge in [0.25, 0.3) is 0 Å². The second-order valence-electron chi connectivity index (χ2n) is 5.55. The van der Waals surface area contributed by atoms with Gasteiger partial charge in [-0.25, -0.2) is 0 Å². The van der Waals surface area contributed by atoms with Crippen molar-refractivity contribution in [2.24, 2.45) is 0 Å². The van der Waals surface area contributed by atoms with E-state index in [-0.39, 0.29) is 12.4 Å². The van der Waals surface area contributed by atoms with Crippen LogP contribution in [0, 0.1) is 6.92 Å². The second kappa shape index (κ2) is 11.4. The molecular weight excluding hydrogens is 406 g/mol. The molecule has 0 aliphatic rings. The topological polar surface area (TPSA) is 39.7 Å². The number of hydrogen-bond acceptors (Lipinski definition) is 4. The average Bonchev–Trinajstić information content (AvgIpc) is 2.59. The SMILES string of the molecule is COCCNCc1cc(Br)c(OCc2ccc(C)cc2)c(OC)c1.Cl. The number of methoxy groups -OCH3 is 2. The lowest BCUT2D eigenvalue weighted by atomic mass is 10.1. The molecule has 0 aliphatic carbocycles. The van der Waals surface area contributed by atoms with Crippen LogP contribution in [0.4, 0.5) is 0 Å². The average molecular weight is 431 g/mol. The van der Waals surface area contributed by atoms with Crippen LogP contribution in [-0.2, 0) is 17.9 Å². The van der Waals surface area contributed by atoms with E-state index < -0.39 is 0 Å². The molecule has 0 heterocycles. The third-order valence-corrected chi connectivity index (χ3v) is 4.19. The molecule has 0 aliphatic heterocycles. The molecule has 0 aromatic heterocycles. The summed E-state index contributed by atoms with van der Waals surface area (Å²) in [6.45, 7) is 4.82. The Kier molecular flexibility index (Phi) is 9.90. The van der Waals surface area contributed by atoms with Crippen LogP contribution in [0.25, 0.3) is 0 Å². The van der Waals surface area contributed by atoms with E-state index in [2.05, 4.69) is 52.4 Å². The molecule has 0 atom stereocenters. The molecule has 0 saturated heterocycles. The first kappa shape index (κ1) is 21.8. The maximum atomic E-state index is 5.97. The molecule has 0 fully saturated rings. The smallest absolute Gasteiger partial charge is 0.175 e. The predicted molar refractivity (Wildman–Crippen MR) is 107 cm³/mol. The maximum Gasteiger partial charge on any atom is 0.175 e. The van der Waals surface area contributed by atoms with Crippen LogP contribution in [0.3, 0.4) is 0 Å². The van der Waals surface area contributed by atoms with Crippen molar-refractivity contribution in [2.75, 3.05) is 27.4 Å². The summed E-state index contributed by atoms with van der Waals surface area (Å²) in [7, 11) is 3.35. The summed E-state index contributed by atoms with van der Waals surface area (Å²) in [5.41, 5.74) is 3.49. The minimum atomic E-state index is 0. The molecule has 25 heavy (non-hydrogen) atoms. The molecule has 4 nitrogen and oxygen atoms in total. The predicted octanol–water partition coefficient (Wildman–Crippen LogP) is 4.50. The summed E-state index contributed by atoms with van der Waals surface area (Å²) < 4.78 is 17.4. The Balaban J connectivity index is 0.00000312. The van der Waals surface area contributed by atoms with Crippen molar-refractivity contribution in [1.82, 2.24) is 5.32 Å². The zero-order chi connectivity index (χ0) is 17.4. The van der Waals surface area contributed by atoms with Gasteiger partial charge in [-0.05, 0) is 46.1 Å². The molecule has 0 unspecified atom stereocenters. The fourth-order valence-corrected chi connectivity index (χ4v) is 2.87. The summed E-state index contributed by atoms with van der Waals surface area (Å²) in [6, 6.07) is 12.4. The number of nitrogens with one attached hydrogen (secondary N) is 1. The van der Waals surface area contributed by atoms with Gasteiger partial charge < -0.3 is 19.5 Å². The highest BCUT2D eigenvalue weighted by Crippen LogP contribution is 2.37. The second-order valence-corrected chi connectivity index (χ2v) is 6.41. The first-order chi connectivity index (χ1) is 11.6. The first-order valence-electron chi connectivity index (χ1n) is 7.88. The molecule has 0 saturated carbocycles. The van der Waals surface area contributed by atoms with E-state index in [0.717, 1.165) is 40.2 Å². The van der Waals surface area contributed by atoms with Gasteiger partial charge in [-0.3, -0.25) is 0 Å². The molecule has 138 valence electrons. The van der Waals surface area contributed by atoms with E-state index in [4.69, 9.17) is 14.2 Å². The molecule has 0 amide bonds. The Bertz CT molecular complexity index is 650. The van der Waals surface area contributed by atoms with E-state index in [0.29, 0.717) is 13.2 Å². The van der Waals surface area contributed by atoms with Crippen LogP contribution in [0.5, 0.6) is 11.5 Å². The molecule has 0 radical (unpaired) electrons. The molecule has 2 aromatic rings. The molecule has 6 heteroatoms. The van der Waals surface area contributed by atoms with Gasteiger partial charge in [0.15, 0.2) is 11.5 Å². The van der Waals surface area contributed by atoms with Crippen molar-refractivity contribution < 1.29 is 14.2 Å². The third kappa shape index (κ3) is 6.86. The van der Waals surface area contributed by atoms with E-state index in [1.54, 1.807) is 14.2 Å². The summed E-state index contributed by atoms with van der Waals surface area (Å²) in [6.07, 6.45) is 0. The largest absolute Gasteiger partial charge is 0.493 e. The Hall–Kier alpha value is -1.27. The van der Waals surface area contributed by atoms with Gasteiger partial charge in [-0.1, -0.05) is 29.8 Å². The van der Waals surface area contributed by atoms with Crippen LogP contribution in [-0.4, -0.2) is 27.4 Å². The highest BCUT2D eigenvalue weighted by molar-refractivity contribution is 9.10. The van der Waals surface area contributed by atoms with Gasteiger partial charge in [-0.15, -0.1) is 12.4 Å². The number of halogens is 2. The van der Waals surface area contributed by atoms with Crippen molar-refractivity contribution >= 4 is 28.3 Å². The Morgan fingerprint density at radius 2 is 1.76 bits per heavy atom. The van der Waals surface area contributed by atoms with Crippen molar-refractivity contribution in [2.45, 2.75) is 20.1 Å². The van der Waals surface area contributed by atoms with Crippen molar-refractivity contribution in [3.63, 3.8) is 0 Å². The Morgan fingerprint density at radius 1 is 1.04 bits per heavy atom. The summed E-state index contributed by atoms with van der Waals surface area (Å²) in [5, 5.41) is 3.32. The number of ether oxygens (including phenoxy) is 3. The first-order valence-corrected chi connectivity index (χ1v) is 8.67. The highest BCUT2D eigenvalue weighted by Gasteiger charge is 2.12. The minimum absolute atomic E-state index is 0. The quantitative estimate of drug-likeness (QED) is 0.595. The van der Waals surface area contributed by atoms with Crippen molar-refractivity contribution in [3.8, 4) is 11.5 Å². The zero-order valence-electron chi connectivity index (χ0n) is 14.8. The summed E-state index contributed by atoms with van der Waals surface area (Å²) >= 11 is 3.59. The van der Waals surface area contributed by atoms with E-state index >= 15 is 0 Å². The van der Waals surface area contributed by atoms with E-state index in [1.807, 2.05) is 12.1 Å². The third-order valence-electron chi connectivity index (χ3n) is 3.61.